The molecule has 0 aliphatic carbocycles. The zero-order valence-electron chi connectivity index (χ0n) is 14.5. The van der Waals surface area contributed by atoms with Crippen LogP contribution in [0.1, 0.15) is 16.1 Å². The zero-order valence-corrected chi connectivity index (χ0v) is 14.5. The lowest BCUT2D eigenvalue weighted by Gasteiger charge is -2.16. The molecule has 2 N–H and O–H groups in total. The Morgan fingerprint density at radius 2 is 2.07 bits per heavy atom. The van der Waals surface area contributed by atoms with Crippen molar-refractivity contribution in [3.8, 4) is 0 Å². The minimum atomic E-state index is -0.833. The second kappa shape index (κ2) is 6.91. The van der Waals surface area contributed by atoms with Gasteiger partial charge in [0.2, 0.25) is 0 Å². The Bertz CT molecular complexity index is 1130. The highest BCUT2D eigenvalue weighted by Gasteiger charge is 2.25. The largest absolute Gasteiger partial charge is 0.467 e. The van der Waals surface area contributed by atoms with Crippen molar-refractivity contribution >= 4 is 28.4 Å². The minimum absolute atomic E-state index is 0.290. The van der Waals surface area contributed by atoms with Crippen LogP contribution in [0.3, 0.4) is 0 Å². The molecule has 3 heterocycles. The molecule has 1 atom stereocenters. The summed E-state index contributed by atoms with van der Waals surface area (Å²) in [5.74, 6) is -0.944. The van der Waals surface area contributed by atoms with Gasteiger partial charge in [-0.1, -0.05) is 24.3 Å². The molecule has 0 aliphatic heterocycles. The van der Waals surface area contributed by atoms with Crippen molar-refractivity contribution < 1.29 is 14.3 Å². The van der Waals surface area contributed by atoms with Gasteiger partial charge in [-0.25, -0.2) is 14.3 Å². The fourth-order valence-corrected chi connectivity index (χ4v) is 3.11. The van der Waals surface area contributed by atoms with E-state index in [0.717, 1.165) is 16.5 Å². The second-order valence-corrected chi connectivity index (χ2v) is 6.05. The maximum Gasteiger partial charge on any atom is 0.328 e. The molecule has 0 unspecified atom stereocenters. The van der Waals surface area contributed by atoms with E-state index < -0.39 is 17.9 Å². The number of fused-ring (bicyclic) bond motifs is 2. The van der Waals surface area contributed by atoms with Gasteiger partial charge in [0.1, 0.15) is 18.1 Å². The number of hydrogen-bond donors (Lipinski definition) is 2. The molecule has 1 aromatic carbocycles. The number of methoxy groups -OCH3 is 1. The van der Waals surface area contributed by atoms with E-state index in [1.54, 1.807) is 18.2 Å². The van der Waals surface area contributed by atoms with E-state index in [2.05, 4.69) is 20.4 Å². The van der Waals surface area contributed by atoms with Crippen LogP contribution in [-0.4, -0.2) is 44.6 Å². The first-order valence-corrected chi connectivity index (χ1v) is 8.40. The molecule has 0 saturated carbocycles. The third-order valence-electron chi connectivity index (χ3n) is 4.42. The Balaban J connectivity index is 1.62. The molecule has 4 aromatic rings. The molecule has 0 bridgehead atoms. The molecule has 0 fully saturated rings. The van der Waals surface area contributed by atoms with E-state index in [9.17, 15) is 9.59 Å². The first-order valence-electron chi connectivity index (χ1n) is 8.40. The molecular weight excluding hydrogens is 346 g/mol. The van der Waals surface area contributed by atoms with Gasteiger partial charge >= 0.3 is 5.97 Å². The van der Waals surface area contributed by atoms with Crippen LogP contribution in [0.2, 0.25) is 0 Å². The molecule has 27 heavy (non-hydrogen) atoms. The summed E-state index contributed by atoms with van der Waals surface area (Å²) < 4.78 is 6.31. The van der Waals surface area contributed by atoms with Crippen molar-refractivity contribution in [2.45, 2.75) is 12.5 Å². The summed E-state index contributed by atoms with van der Waals surface area (Å²) in [5.41, 5.74) is 2.72. The summed E-state index contributed by atoms with van der Waals surface area (Å²) in [5, 5.41) is 7.80. The normalized spacial score (nSPS) is 12.2. The number of ether oxygens (including phenoxy) is 1. The van der Waals surface area contributed by atoms with Gasteiger partial charge in [-0.3, -0.25) is 4.79 Å². The number of carbonyl (C=O) groups is 2. The number of aromatic nitrogens is 4. The summed E-state index contributed by atoms with van der Waals surface area (Å²) in [4.78, 5) is 32.3. The average molecular weight is 363 g/mol. The number of pyridine rings is 1. The first kappa shape index (κ1) is 16.8. The molecular formula is C19H17N5O3. The Hall–Kier alpha value is -3.68. The van der Waals surface area contributed by atoms with E-state index in [-0.39, 0.29) is 5.69 Å². The standard InChI is InChI=1S/C19H17N5O3/c1-27-19(26)15(9-12-10-20-14-6-3-2-5-13(12)14)23-18(25)16-7-4-8-17-21-11-22-24(16)17/h2-8,10-11,15,20H,9H2,1H3,(H,23,25)/t15-/m0/s1. The first-order chi connectivity index (χ1) is 13.2. The Morgan fingerprint density at radius 3 is 2.93 bits per heavy atom. The molecule has 136 valence electrons. The third-order valence-corrected chi connectivity index (χ3v) is 4.42. The van der Waals surface area contributed by atoms with Crippen LogP contribution in [0.25, 0.3) is 16.6 Å². The lowest BCUT2D eigenvalue weighted by Crippen LogP contribution is -2.43. The number of amides is 1. The molecule has 0 saturated heterocycles. The van der Waals surface area contributed by atoms with Crippen LogP contribution in [-0.2, 0) is 16.0 Å². The van der Waals surface area contributed by atoms with E-state index in [1.807, 2.05) is 30.5 Å². The summed E-state index contributed by atoms with van der Waals surface area (Å²) in [7, 11) is 1.30. The van der Waals surface area contributed by atoms with Crippen molar-refractivity contribution in [2.24, 2.45) is 0 Å². The molecule has 0 aliphatic rings. The van der Waals surface area contributed by atoms with E-state index >= 15 is 0 Å². The van der Waals surface area contributed by atoms with Gasteiger partial charge in [-0.05, 0) is 23.8 Å². The molecule has 0 spiro atoms. The van der Waals surface area contributed by atoms with E-state index in [0.29, 0.717) is 12.1 Å². The lowest BCUT2D eigenvalue weighted by molar-refractivity contribution is -0.142. The Labute approximate surface area is 154 Å². The predicted octanol–water partition coefficient (Wildman–Crippen LogP) is 1.72. The summed E-state index contributed by atoms with van der Waals surface area (Å²) in [6, 6.07) is 12.0. The number of nitrogens with one attached hydrogen (secondary N) is 2. The third kappa shape index (κ3) is 3.12. The van der Waals surface area contributed by atoms with Gasteiger partial charge in [0.15, 0.2) is 5.65 Å². The van der Waals surface area contributed by atoms with E-state index in [4.69, 9.17) is 4.74 Å². The van der Waals surface area contributed by atoms with Gasteiger partial charge in [0.05, 0.1) is 7.11 Å². The summed E-state index contributed by atoms with van der Waals surface area (Å²) in [6.07, 6.45) is 3.51. The highest BCUT2D eigenvalue weighted by molar-refractivity contribution is 5.96. The molecule has 8 nitrogen and oxygen atoms in total. The summed E-state index contributed by atoms with van der Waals surface area (Å²) >= 11 is 0. The van der Waals surface area contributed by atoms with Gasteiger partial charge in [-0.2, -0.15) is 5.10 Å². The van der Waals surface area contributed by atoms with Gasteiger partial charge in [0.25, 0.3) is 5.91 Å². The number of carbonyl (C=O) groups excluding carboxylic acids is 2. The van der Waals surface area contributed by atoms with Crippen molar-refractivity contribution in [1.82, 2.24) is 24.9 Å². The molecule has 1 amide bonds. The molecule has 8 heteroatoms. The van der Waals surface area contributed by atoms with Crippen LogP contribution < -0.4 is 5.32 Å². The number of hydrogen-bond acceptors (Lipinski definition) is 5. The zero-order chi connectivity index (χ0) is 18.8. The maximum absolute atomic E-state index is 12.8. The number of H-pyrrole nitrogens is 1. The van der Waals surface area contributed by atoms with Gasteiger partial charge < -0.3 is 15.0 Å². The Morgan fingerprint density at radius 1 is 1.22 bits per heavy atom. The highest BCUT2D eigenvalue weighted by Crippen LogP contribution is 2.19. The number of aromatic amines is 1. The van der Waals surface area contributed by atoms with Gasteiger partial charge in [0, 0.05) is 23.5 Å². The highest BCUT2D eigenvalue weighted by atomic mass is 16.5. The fourth-order valence-electron chi connectivity index (χ4n) is 3.11. The smallest absolute Gasteiger partial charge is 0.328 e. The topological polar surface area (TPSA) is 101 Å². The van der Waals surface area contributed by atoms with E-state index in [1.165, 1.54) is 18.0 Å². The van der Waals surface area contributed by atoms with Crippen molar-refractivity contribution in [3.63, 3.8) is 0 Å². The van der Waals surface area contributed by atoms with Crippen LogP contribution in [0.5, 0.6) is 0 Å². The SMILES string of the molecule is COC(=O)[C@H](Cc1c[nH]c2ccccc12)NC(=O)c1cccc2ncnn12. The number of benzene rings is 1. The van der Waals surface area contributed by atoms with Gasteiger partial charge in [-0.15, -0.1) is 0 Å². The monoisotopic (exact) mass is 363 g/mol. The van der Waals surface area contributed by atoms with Crippen LogP contribution in [0.15, 0.2) is 55.0 Å². The average Bonchev–Trinajstić information content (AvgIpc) is 3.33. The Kier molecular flexibility index (Phi) is 4.29. The molecule has 3 aromatic heterocycles. The number of rotatable bonds is 5. The van der Waals surface area contributed by atoms with Crippen molar-refractivity contribution in [1.29, 1.82) is 0 Å². The fraction of sp³-hybridized carbons (Fsp3) is 0.158. The number of para-hydroxylation sites is 1. The van der Waals surface area contributed by atoms with Crippen LogP contribution >= 0.6 is 0 Å². The minimum Gasteiger partial charge on any atom is -0.467 e. The lowest BCUT2D eigenvalue weighted by atomic mass is 10.0. The van der Waals surface area contributed by atoms with Crippen molar-refractivity contribution in [3.05, 3.63) is 66.2 Å². The quantitative estimate of drug-likeness (QED) is 0.526. The van der Waals surface area contributed by atoms with Crippen LogP contribution in [0, 0.1) is 0 Å². The predicted molar refractivity (Wildman–Crippen MR) is 98.3 cm³/mol. The van der Waals surface area contributed by atoms with Crippen LogP contribution in [0.4, 0.5) is 0 Å². The number of esters is 1. The second-order valence-electron chi connectivity index (χ2n) is 6.05. The molecule has 0 radical (unpaired) electrons. The number of nitrogens with zero attached hydrogens (tertiary/aromatic N) is 3. The molecule has 4 rings (SSSR count). The van der Waals surface area contributed by atoms with Crippen molar-refractivity contribution in [2.75, 3.05) is 7.11 Å². The summed E-state index contributed by atoms with van der Waals surface area (Å²) in [6.45, 7) is 0. The maximum atomic E-state index is 12.8.